The van der Waals surface area contributed by atoms with Gasteiger partial charge in [-0.25, -0.2) is 0 Å². The standard InChI is InChI=1S/C37H50Cl2N10O5/c38-29(31(50)27(17-9-21-46-36(40)41)48(23-11-3-1-4-12-23)34(53)25-15-7-19-44-25)33(52)30(39)32(51)28(18-10-22-47-37(42)43)49(24-13-5-2-6-14-24)35(54)26-16-8-20-45-26/h1-6,11-14,25-30,44-45H,7-10,15-22H2,(H4,40,41,46)(H4,42,43,47)/t25-,26-,27-,28-,29?,30?/m0/s1. The van der Waals surface area contributed by atoms with Crippen molar-refractivity contribution in [2.45, 2.75) is 86.3 Å². The van der Waals surface area contributed by atoms with E-state index in [2.05, 4.69) is 20.6 Å². The Labute approximate surface area is 325 Å². The van der Waals surface area contributed by atoms with Crippen LogP contribution in [0.2, 0.25) is 0 Å². The third-order valence-electron chi connectivity index (χ3n) is 9.40. The van der Waals surface area contributed by atoms with Crippen LogP contribution in [0, 0.1) is 0 Å². The Morgan fingerprint density at radius 2 is 1.00 bits per heavy atom. The minimum Gasteiger partial charge on any atom is -0.370 e. The number of aliphatic imine (C=N–C) groups is 2. The summed E-state index contributed by atoms with van der Waals surface area (Å²) in [5, 5.41) is 2.50. The highest BCUT2D eigenvalue weighted by molar-refractivity contribution is 6.53. The molecule has 0 saturated carbocycles. The quantitative estimate of drug-likeness (QED) is 0.0368. The summed E-state index contributed by atoms with van der Waals surface area (Å²) in [5.41, 5.74) is 22.9. The Morgan fingerprint density at radius 1 is 0.630 bits per heavy atom. The van der Waals surface area contributed by atoms with Gasteiger partial charge in [-0.1, -0.05) is 36.4 Å². The molecule has 6 atom stereocenters. The molecule has 15 nitrogen and oxygen atoms in total. The van der Waals surface area contributed by atoms with Gasteiger partial charge in [-0.3, -0.25) is 34.0 Å². The van der Waals surface area contributed by atoms with Crippen molar-refractivity contribution < 1.29 is 24.0 Å². The molecule has 17 heteroatoms. The first kappa shape index (κ1) is 42.2. The van der Waals surface area contributed by atoms with Crippen molar-refractivity contribution in [3.8, 4) is 0 Å². The van der Waals surface area contributed by atoms with E-state index >= 15 is 0 Å². The maximum absolute atomic E-state index is 14.4. The van der Waals surface area contributed by atoms with Gasteiger partial charge < -0.3 is 43.4 Å². The summed E-state index contributed by atoms with van der Waals surface area (Å²) in [5.74, 6) is -3.74. The van der Waals surface area contributed by atoms with Crippen LogP contribution in [-0.2, 0) is 24.0 Å². The molecule has 2 amide bonds. The molecule has 2 aliphatic heterocycles. The lowest BCUT2D eigenvalue weighted by atomic mass is 9.93. The Kier molecular flexibility index (Phi) is 16.2. The topological polar surface area (TPSA) is 245 Å². The van der Waals surface area contributed by atoms with Crippen molar-refractivity contribution in [3.63, 3.8) is 0 Å². The first-order chi connectivity index (χ1) is 25.9. The zero-order valence-corrected chi connectivity index (χ0v) is 31.6. The SMILES string of the molecule is NC(N)=NCCC[C@@H](C(=O)C(Cl)C(=O)C(Cl)C(=O)[C@H](CCCN=C(N)N)N(C(=O)[C@@H]1CCCN1)c1ccccc1)N(C(=O)[C@@H]1CCCN1)c1ccccc1. The van der Waals surface area contributed by atoms with E-state index in [1.165, 1.54) is 9.80 Å². The fourth-order valence-corrected chi connectivity index (χ4v) is 7.36. The number of ketones is 3. The second-order valence-corrected chi connectivity index (χ2v) is 14.1. The molecule has 0 aliphatic carbocycles. The van der Waals surface area contributed by atoms with Crippen LogP contribution in [0.5, 0.6) is 0 Å². The summed E-state index contributed by atoms with van der Waals surface area (Å²) in [6.45, 7) is 1.54. The van der Waals surface area contributed by atoms with E-state index in [1.807, 2.05) is 0 Å². The number of carbonyl (C=O) groups excluding carboxylic acids is 5. The number of para-hydroxylation sites is 2. The number of nitrogens with two attached hydrogens (primary N) is 4. The molecule has 2 aromatic rings. The number of guanidine groups is 2. The molecule has 4 rings (SSSR count). The summed E-state index contributed by atoms with van der Waals surface area (Å²) in [4.78, 5) is 81.8. The largest absolute Gasteiger partial charge is 0.370 e. The van der Waals surface area contributed by atoms with Crippen LogP contribution in [0.3, 0.4) is 0 Å². The number of hydrogen-bond donors (Lipinski definition) is 6. The highest BCUT2D eigenvalue weighted by Gasteiger charge is 2.45. The molecule has 54 heavy (non-hydrogen) atoms. The molecule has 2 heterocycles. The number of Topliss-reactive ketones (excluding diaryl/α,β-unsaturated/α-hetero) is 3. The summed E-state index contributed by atoms with van der Waals surface area (Å²) in [7, 11) is 0. The molecule has 0 spiro atoms. The normalized spacial score (nSPS) is 18.8. The molecule has 2 fully saturated rings. The van der Waals surface area contributed by atoms with Gasteiger partial charge in [-0.2, -0.15) is 0 Å². The number of carbonyl (C=O) groups is 5. The number of hydrogen-bond acceptors (Lipinski definition) is 9. The first-order valence-corrected chi connectivity index (χ1v) is 19.0. The van der Waals surface area contributed by atoms with Crippen molar-refractivity contribution in [2.75, 3.05) is 36.0 Å². The third-order valence-corrected chi connectivity index (χ3v) is 10.3. The molecule has 292 valence electrons. The van der Waals surface area contributed by atoms with Crippen LogP contribution in [-0.4, -0.2) is 102 Å². The predicted molar refractivity (Wildman–Crippen MR) is 212 cm³/mol. The zero-order chi connectivity index (χ0) is 39.2. The summed E-state index contributed by atoms with van der Waals surface area (Å²) >= 11 is 13.4. The van der Waals surface area contributed by atoms with E-state index in [0.29, 0.717) is 37.3 Å². The second-order valence-electron chi connectivity index (χ2n) is 13.2. The minimum atomic E-state index is -1.93. The van der Waals surface area contributed by atoms with Crippen molar-refractivity contribution >= 4 is 75.7 Å². The van der Waals surface area contributed by atoms with Gasteiger partial charge in [0.05, 0.1) is 24.2 Å². The average molecular weight is 786 g/mol. The first-order valence-electron chi connectivity index (χ1n) is 18.2. The number of amides is 2. The molecule has 2 unspecified atom stereocenters. The van der Waals surface area contributed by atoms with Gasteiger partial charge in [0.15, 0.2) is 40.0 Å². The van der Waals surface area contributed by atoms with Crippen molar-refractivity contribution in [1.29, 1.82) is 0 Å². The highest BCUT2D eigenvalue weighted by Crippen LogP contribution is 2.28. The van der Waals surface area contributed by atoms with E-state index in [1.54, 1.807) is 60.7 Å². The maximum Gasteiger partial charge on any atom is 0.244 e. The number of nitrogens with one attached hydrogen (secondary N) is 2. The number of benzene rings is 2. The van der Waals surface area contributed by atoms with Crippen LogP contribution in [0.25, 0.3) is 0 Å². The maximum atomic E-state index is 14.4. The molecule has 10 N–H and O–H groups in total. The molecular weight excluding hydrogens is 735 g/mol. The van der Waals surface area contributed by atoms with E-state index in [0.717, 1.165) is 12.8 Å². The van der Waals surface area contributed by atoms with Gasteiger partial charge in [-0.05, 0) is 88.7 Å². The van der Waals surface area contributed by atoms with Crippen LogP contribution >= 0.6 is 23.2 Å². The summed E-state index contributed by atoms with van der Waals surface area (Å²) in [6, 6.07) is 13.6. The van der Waals surface area contributed by atoms with Crippen molar-refractivity contribution in [1.82, 2.24) is 10.6 Å². The number of rotatable bonds is 20. The molecular formula is C37H50Cl2N10O5. The Morgan fingerprint density at radius 3 is 1.31 bits per heavy atom. The fourth-order valence-electron chi connectivity index (χ4n) is 6.75. The minimum absolute atomic E-state index is 0.0401. The summed E-state index contributed by atoms with van der Waals surface area (Å²) in [6.07, 6.45) is 3.22. The second kappa shape index (κ2) is 20.8. The van der Waals surface area contributed by atoms with Crippen molar-refractivity contribution in [3.05, 3.63) is 60.7 Å². The molecule has 2 saturated heterocycles. The molecule has 0 bridgehead atoms. The van der Waals surface area contributed by atoms with E-state index in [4.69, 9.17) is 46.1 Å². The average Bonchev–Trinajstić information content (AvgIpc) is 3.92. The van der Waals surface area contributed by atoms with Gasteiger partial charge in [-0.15, -0.1) is 23.2 Å². The Balaban J connectivity index is 1.68. The smallest absolute Gasteiger partial charge is 0.244 e. The Hall–Kier alpha value is -4.57. The lowest BCUT2D eigenvalue weighted by Gasteiger charge is -2.35. The lowest BCUT2D eigenvalue weighted by molar-refractivity contribution is -0.132. The van der Waals surface area contributed by atoms with Gasteiger partial charge in [0.1, 0.15) is 0 Å². The van der Waals surface area contributed by atoms with Crippen LogP contribution < -0.4 is 43.4 Å². The number of anilines is 2. The van der Waals surface area contributed by atoms with E-state index in [-0.39, 0.29) is 62.5 Å². The predicted octanol–water partition coefficient (Wildman–Crippen LogP) is 1.32. The van der Waals surface area contributed by atoms with Crippen molar-refractivity contribution in [2.24, 2.45) is 32.9 Å². The number of alkyl halides is 2. The van der Waals surface area contributed by atoms with Crippen LogP contribution in [0.1, 0.15) is 51.4 Å². The molecule has 0 aromatic heterocycles. The number of nitrogens with zero attached hydrogens (tertiary/aromatic N) is 4. The van der Waals surface area contributed by atoms with E-state index in [9.17, 15) is 24.0 Å². The third kappa shape index (κ3) is 11.2. The van der Waals surface area contributed by atoms with Gasteiger partial charge in [0.2, 0.25) is 11.8 Å². The zero-order valence-electron chi connectivity index (χ0n) is 30.1. The molecule has 2 aromatic carbocycles. The number of halogens is 2. The highest BCUT2D eigenvalue weighted by atomic mass is 35.5. The fraction of sp³-hybridized carbons (Fsp3) is 0.486. The molecule has 0 radical (unpaired) electrons. The monoisotopic (exact) mass is 784 g/mol. The van der Waals surface area contributed by atoms with Crippen LogP contribution in [0.15, 0.2) is 70.6 Å². The summed E-state index contributed by atoms with van der Waals surface area (Å²) < 4.78 is 0. The van der Waals surface area contributed by atoms with Gasteiger partial charge in [0, 0.05) is 24.5 Å². The van der Waals surface area contributed by atoms with Gasteiger partial charge in [0.25, 0.3) is 0 Å². The van der Waals surface area contributed by atoms with Gasteiger partial charge >= 0.3 is 0 Å². The molecule has 2 aliphatic rings. The van der Waals surface area contributed by atoms with E-state index < -0.39 is 52.3 Å². The Bertz CT molecular complexity index is 1530. The lowest BCUT2D eigenvalue weighted by Crippen LogP contribution is -2.56. The van der Waals surface area contributed by atoms with Crippen LogP contribution in [0.4, 0.5) is 11.4 Å².